The molecule has 2 heterocycles. The maximum atomic E-state index is 13.6. The van der Waals surface area contributed by atoms with E-state index in [-0.39, 0.29) is 11.8 Å². The highest BCUT2D eigenvalue weighted by Gasteiger charge is 2.62. The van der Waals surface area contributed by atoms with E-state index in [1.807, 2.05) is 30.3 Å². The van der Waals surface area contributed by atoms with Crippen molar-refractivity contribution in [1.29, 1.82) is 0 Å². The summed E-state index contributed by atoms with van der Waals surface area (Å²) >= 11 is 1.19. The van der Waals surface area contributed by atoms with E-state index in [4.69, 9.17) is 10.5 Å². The molecule has 30 heavy (non-hydrogen) atoms. The van der Waals surface area contributed by atoms with Crippen molar-refractivity contribution in [3.63, 3.8) is 0 Å². The highest BCUT2D eigenvalue weighted by atomic mass is 32.1. The van der Waals surface area contributed by atoms with Gasteiger partial charge in [0.2, 0.25) is 11.8 Å². The number of nitrogens with two attached hydrogens (primary N) is 1. The molecule has 1 aliphatic carbocycles. The number of rotatable bonds is 5. The van der Waals surface area contributed by atoms with Crippen molar-refractivity contribution in [2.45, 2.75) is 18.9 Å². The van der Waals surface area contributed by atoms with Gasteiger partial charge in [0.15, 0.2) is 0 Å². The normalized spacial score (nSPS) is 24.2. The fourth-order valence-electron chi connectivity index (χ4n) is 4.01. The Labute approximate surface area is 178 Å². The highest BCUT2D eigenvalue weighted by Crippen LogP contribution is 2.56. The SMILES string of the molecule is C[C@@H](N)C(=O)N(C(=O)[C@H]1C(C(=O)N2CCOCC2)[C@@H]1c1ccccc1)c1cncs1. The van der Waals surface area contributed by atoms with E-state index in [1.54, 1.807) is 17.3 Å². The minimum Gasteiger partial charge on any atom is -0.378 e. The van der Waals surface area contributed by atoms with Gasteiger partial charge in [0.1, 0.15) is 5.00 Å². The molecular weight excluding hydrogens is 404 g/mol. The Morgan fingerprint density at radius 1 is 1.20 bits per heavy atom. The van der Waals surface area contributed by atoms with Crippen LogP contribution in [-0.2, 0) is 19.1 Å². The van der Waals surface area contributed by atoms with Gasteiger partial charge in [-0.3, -0.25) is 19.4 Å². The lowest BCUT2D eigenvalue weighted by Crippen LogP contribution is -2.47. The molecule has 1 aromatic carbocycles. The second-order valence-electron chi connectivity index (χ2n) is 7.57. The van der Waals surface area contributed by atoms with Crippen molar-refractivity contribution in [3.8, 4) is 0 Å². The zero-order valence-electron chi connectivity index (χ0n) is 16.6. The van der Waals surface area contributed by atoms with Gasteiger partial charge in [0, 0.05) is 19.0 Å². The molecule has 1 saturated carbocycles. The summed E-state index contributed by atoms with van der Waals surface area (Å²) in [5.74, 6) is -2.36. The van der Waals surface area contributed by atoms with Crippen molar-refractivity contribution >= 4 is 34.1 Å². The van der Waals surface area contributed by atoms with E-state index in [0.29, 0.717) is 31.3 Å². The minimum absolute atomic E-state index is 0.0667. The third-order valence-corrected chi connectivity index (χ3v) is 6.32. The topological polar surface area (TPSA) is 106 Å². The van der Waals surface area contributed by atoms with Crippen LogP contribution in [0, 0.1) is 11.8 Å². The van der Waals surface area contributed by atoms with Crippen molar-refractivity contribution in [1.82, 2.24) is 9.88 Å². The summed E-state index contributed by atoms with van der Waals surface area (Å²) in [6, 6.07) is 8.66. The molecule has 4 rings (SSSR count). The summed E-state index contributed by atoms with van der Waals surface area (Å²) in [4.78, 5) is 46.5. The van der Waals surface area contributed by atoms with Crippen LogP contribution in [0.2, 0.25) is 0 Å². The summed E-state index contributed by atoms with van der Waals surface area (Å²) in [7, 11) is 0. The van der Waals surface area contributed by atoms with Gasteiger partial charge in [0.25, 0.3) is 5.91 Å². The number of ether oxygens (including phenoxy) is 1. The molecule has 158 valence electrons. The van der Waals surface area contributed by atoms with Gasteiger partial charge in [0.05, 0.1) is 42.8 Å². The summed E-state index contributed by atoms with van der Waals surface area (Å²) in [5, 5.41) is 0.415. The quantitative estimate of drug-likeness (QED) is 0.768. The zero-order chi connectivity index (χ0) is 21.3. The van der Waals surface area contributed by atoms with E-state index in [9.17, 15) is 14.4 Å². The second-order valence-corrected chi connectivity index (χ2v) is 8.43. The smallest absolute Gasteiger partial charge is 0.251 e. The van der Waals surface area contributed by atoms with Gasteiger partial charge in [-0.05, 0) is 12.5 Å². The molecule has 0 bridgehead atoms. The van der Waals surface area contributed by atoms with Crippen LogP contribution in [0.25, 0.3) is 0 Å². The predicted molar refractivity (Wildman–Crippen MR) is 112 cm³/mol. The summed E-state index contributed by atoms with van der Waals surface area (Å²) in [6.45, 7) is 3.54. The summed E-state index contributed by atoms with van der Waals surface area (Å²) in [6.07, 6.45) is 1.47. The average molecular weight is 429 g/mol. The van der Waals surface area contributed by atoms with Gasteiger partial charge < -0.3 is 15.4 Å². The summed E-state index contributed by atoms with van der Waals surface area (Å²) < 4.78 is 5.35. The molecular formula is C21H24N4O4S. The van der Waals surface area contributed by atoms with Crippen LogP contribution in [0.5, 0.6) is 0 Å². The third-order valence-electron chi connectivity index (χ3n) is 5.57. The van der Waals surface area contributed by atoms with Crippen LogP contribution < -0.4 is 10.6 Å². The standard InChI is InChI=1S/C21H24N4O4S/c1-13(22)19(26)25(15-11-23-12-30-15)21(28)18-16(14-5-3-2-4-6-14)17(18)20(27)24-7-9-29-10-8-24/h2-6,11-13,16-18H,7-10,22H2,1H3/t13-,16+,17?,18-/m1/s1. The highest BCUT2D eigenvalue weighted by molar-refractivity contribution is 7.14. The molecule has 1 aliphatic heterocycles. The van der Waals surface area contributed by atoms with Gasteiger partial charge in [-0.25, -0.2) is 4.90 Å². The molecule has 2 N–H and O–H groups in total. The first kappa shape index (κ1) is 20.6. The number of nitrogens with zero attached hydrogens (tertiary/aromatic N) is 3. The maximum absolute atomic E-state index is 13.6. The van der Waals surface area contributed by atoms with Gasteiger partial charge >= 0.3 is 0 Å². The summed E-state index contributed by atoms with van der Waals surface area (Å²) in [5.41, 5.74) is 8.28. The molecule has 1 unspecified atom stereocenters. The first-order valence-corrected chi connectivity index (χ1v) is 10.8. The van der Waals surface area contributed by atoms with Crippen LogP contribution in [0.15, 0.2) is 42.0 Å². The molecule has 2 aliphatic rings. The number of hydrogen-bond acceptors (Lipinski definition) is 7. The molecule has 3 amide bonds. The number of anilines is 1. The third kappa shape index (κ3) is 3.88. The number of hydrogen-bond donors (Lipinski definition) is 1. The van der Waals surface area contributed by atoms with Crippen molar-refractivity contribution < 1.29 is 19.1 Å². The van der Waals surface area contributed by atoms with Crippen LogP contribution in [0.1, 0.15) is 18.4 Å². The maximum Gasteiger partial charge on any atom is 0.251 e. The molecule has 4 atom stereocenters. The minimum atomic E-state index is -0.849. The first-order chi connectivity index (χ1) is 14.5. The largest absolute Gasteiger partial charge is 0.378 e. The molecule has 0 radical (unpaired) electrons. The van der Waals surface area contributed by atoms with Gasteiger partial charge in [-0.2, -0.15) is 0 Å². The van der Waals surface area contributed by atoms with E-state index in [2.05, 4.69) is 4.98 Å². The van der Waals surface area contributed by atoms with Crippen molar-refractivity contribution in [2.24, 2.45) is 17.6 Å². The fourth-order valence-corrected chi connectivity index (χ4v) is 4.64. The molecule has 2 aromatic rings. The molecule has 1 aromatic heterocycles. The number of carbonyl (C=O) groups excluding carboxylic acids is 3. The number of amides is 3. The fraction of sp³-hybridized carbons (Fsp3) is 0.429. The van der Waals surface area contributed by atoms with Crippen LogP contribution in [-0.4, -0.2) is 60.0 Å². The van der Waals surface area contributed by atoms with Crippen LogP contribution in [0.4, 0.5) is 5.00 Å². The number of benzene rings is 1. The number of aromatic nitrogens is 1. The lowest BCUT2D eigenvalue weighted by Gasteiger charge is -2.27. The Kier molecular flexibility index (Phi) is 5.94. The van der Waals surface area contributed by atoms with Crippen molar-refractivity contribution in [2.75, 3.05) is 31.2 Å². The Morgan fingerprint density at radius 3 is 2.50 bits per heavy atom. The zero-order valence-corrected chi connectivity index (χ0v) is 17.5. The van der Waals surface area contributed by atoms with Crippen LogP contribution in [0.3, 0.4) is 0 Å². The Morgan fingerprint density at radius 2 is 1.90 bits per heavy atom. The number of carbonyl (C=O) groups is 3. The van der Waals surface area contributed by atoms with Crippen molar-refractivity contribution in [3.05, 3.63) is 47.6 Å². The monoisotopic (exact) mass is 428 g/mol. The second kappa shape index (κ2) is 8.63. The molecule has 0 spiro atoms. The van der Waals surface area contributed by atoms with E-state index in [1.165, 1.54) is 17.5 Å². The van der Waals surface area contributed by atoms with E-state index >= 15 is 0 Å². The Balaban J connectivity index is 1.65. The number of thiazole rings is 1. The molecule has 2 fully saturated rings. The predicted octanol–water partition coefficient (Wildman–Crippen LogP) is 1.24. The van der Waals surface area contributed by atoms with Gasteiger partial charge in [-0.15, -0.1) is 11.3 Å². The number of imide groups is 1. The molecule has 9 heteroatoms. The lowest BCUT2D eigenvalue weighted by molar-refractivity contribution is -0.138. The van der Waals surface area contributed by atoms with Gasteiger partial charge in [-0.1, -0.05) is 30.3 Å². The van der Waals surface area contributed by atoms with E-state index in [0.717, 1.165) is 10.5 Å². The number of morpholine rings is 1. The Bertz CT molecular complexity index is 912. The Hall–Kier alpha value is -2.62. The lowest BCUT2D eigenvalue weighted by atomic mass is 10.1. The van der Waals surface area contributed by atoms with E-state index < -0.39 is 29.7 Å². The van der Waals surface area contributed by atoms with Crippen LogP contribution >= 0.6 is 11.3 Å². The average Bonchev–Trinajstić information content (AvgIpc) is 3.30. The first-order valence-electron chi connectivity index (χ1n) is 9.94. The molecule has 8 nitrogen and oxygen atoms in total. The molecule has 1 saturated heterocycles.